The second kappa shape index (κ2) is 7.39. The Labute approximate surface area is 159 Å². The standard InChI is InChI=1S/C19H25FN2O4S/c20-15-4-6-16(7-5-15)26-11-10-21-8-9-22(19(23)14-2-1-3-14)18-13-27(24,25)12-17(18)21/h4-7,14,17-18H,1-3,8-13H2/t17-,18+/m0/s1. The van der Waals surface area contributed by atoms with Crippen LogP contribution in [0, 0.1) is 11.7 Å². The quantitative estimate of drug-likeness (QED) is 0.751. The Hall–Kier alpha value is -1.67. The molecule has 0 bridgehead atoms. The summed E-state index contributed by atoms with van der Waals surface area (Å²) in [6.45, 7) is 2.20. The van der Waals surface area contributed by atoms with Crippen LogP contribution in [0.3, 0.4) is 0 Å². The molecule has 8 heteroatoms. The predicted octanol–water partition coefficient (Wildman–Crippen LogP) is 1.31. The fourth-order valence-corrected chi connectivity index (χ4v) is 6.29. The van der Waals surface area contributed by atoms with Crippen molar-refractivity contribution < 1.29 is 22.3 Å². The minimum Gasteiger partial charge on any atom is -0.492 e. The summed E-state index contributed by atoms with van der Waals surface area (Å²) in [6.07, 6.45) is 2.94. The van der Waals surface area contributed by atoms with Gasteiger partial charge in [0.1, 0.15) is 18.2 Å². The second-order valence-electron chi connectivity index (χ2n) is 7.71. The van der Waals surface area contributed by atoms with Crippen molar-refractivity contribution in [1.29, 1.82) is 0 Å². The number of ether oxygens (including phenoxy) is 1. The lowest BCUT2D eigenvalue weighted by Crippen LogP contribution is -2.62. The van der Waals surface area contributed by atoms with Crippen LogP contribution >= 0.6 is 0 Å². The van der Waals surface area contributed by atoms with Crippen molar-refractivity contribution in [3.63, 3.8) is 0 Å². The van der Waals surface area contributed by atoms with Gasteiger partial charge in [-0.05, 0) is 37.1 Å². The van der Waals surface area contributed by atoms with Gasteiger partial charge in [-0.25, -0.2) is 12.8 Å². The van der Waals surface area contributed by atoms with Crippen molar-refractivity contribution in [1.82, 2.24) is 9.80 Å². The van der Waals surface area contributed by atoms with E-state index in [1.54, 1.807) is 12.1 Å². The molecule has 6 nitrogen and oxygen atoms in total. The molecular weight excluding hydrogens is 371 g/mol. The fourth-order valence-electron chi connectivity index (χ4n) is 4.28. The second-order valence-corrected chi connectivity index (χ2v) is 9.86. The molecule has 2 atom stereocenters. The molecule has 0 N–H and O–H groups in total. The van der Waals surface area contributed by atoms with Crippen LogP contribution in [0.4, 0.5) is 4.39 Å². The fraction of sp³-hybridized carbons (Fsp3) is 0.632. The molecule has 0 spiro atoms. The molecule has 3 fully saturated rings. The zero-order valence-electron chi connectivity index (χ0n) is 15.2. The molecular formula is C19H25FN2O4S. The molecule has 0 aromatic heterocycles. The summed E-state index contributed by atoms with van der Waals surface area (Å²) in [6, 6.07) is 5.44. The first-order valence-electron chi connectivity index (χ1n) is 9.56. The van der Waals surface area contributed by atoms with Crippen LogP contribution < -0.4 is 4.74 Å². The number of carbonyl (C=O) groups excluding carboxylic acids is 1. The normalized spacial score (nSPS) is 27.8. The number of rotatable bonds is 5. The first-order chi connectivity index (χ1) is 12.9. The molecule has 3 aliphatic rings. The van der Waals surface area contributed by atoms with Gasteiger partial charge >= 0.3 is 0 Å². The summed E-state index contributed by atoms with van der Waals surface area (Å²) in [5.74, 6) is 0.658. The minimum atomic E-state index is -3.14. The molecule has 0 radical (unpaired) electrons. The van der Waals surface area contributed by atoms with Gasteiger partial charge in [0.05, 0.1) is 17.5 Å². The topological polar surface area (TPSA) is 66.9 Å². The van der Waals surface area contributed by atoms with Crippen molar-refractivity contribution in [3.05, 3.63) is 30.1 Å². The van der Waals surface area contributed by atoms with Gasteiger partial charge in [0.25, 0.3) is 0 Å². The zero-order valence-corrected chi connectivity index (χ0v) is 16.0. The summed E-state index contributed by atoms with van der Waals surface area (Å²) in [4.78, 5) is 16.7. The number of hydrogen-bond acceptors (Lipinski definition) is 5. The Morgan fingerprint density at radius 3 is 2.48 bits per heavy atom. The SMILES string of the molecule is O=C(C1CCC1)N1CCN(CCOc2ccc(F)cc2)[C@H]2CS(=O)(=O)C[C@H]21. The van der Waals surface area contributed by atoms with Gasteiger partial charge in [-0.2, -0.15) is 0 Å². The van der Waals surface area contributed by atoms with Crippen LogP contribution in [-0.2, 0) is 14.6 Å². The lowest BCUT2D eigenvalue weighted by atomic mass is 9.83. The average molecular weight is 396 g/mol. The maximum atomic E-state index is 13.0. The molecule has 2 saturated heterocycles. The van der Waals surface area contributed by atoms with Crippen LogP contribution in [-0.4, -0.2) is 74.0 Å². The van der Waals surface area contributed by atoms with Crippen molar-refractivity contribution in [2.24, 2.45) is 5.92 Å². The Morgan fingerprint density at radius 2 is 1.81 bits per heavy atom. The number of piperazine rings is 1. The summed E-state index contributed by atoms with van der Waals surface area (Å²) < 4.78 is 43.1. The smallest absolute Gasteiger partial charge is 0.226 e. The maximum Gasteiger partial charge on any atom is 0.226 e. The summed E-state index contributed by atoms with van der Waals surface area (Å²) >= 11 is 0. The molecule has 2 aliphatic heterocycles. The van der Waals surface area contributed by atoms with E-state index >= 15 is 0 Å². The average Bonchev–Trinajstić information content (AvgIpc) is 2.90. The van der Waals surface area contributed by atoms with Gasteiger partial charge in [0.15, 0.2) is 9.84 Å². The van der Waals surface area contributed by atoms with Gasteiger partial charge in [0.2, 0.25) is 5.91 Å². The number of benzene rings is 1. The predicted molar refractivity (Wildman–Crippen MR) is 98.8 cm³/mol. The van der Waals surface area contributed by atoms with Crippen LogP contribution in [0.5, 0.6) is 5.75 Å². The highest BCUT2D eigenvalue weighted by molar-refractivity contribution is 7.91. The summed E-state index contributed by atoms with van der Waals surface area (Å²) in [7, 11) is -3.14. The summed E-state index contributed by atoms with van der Waals surface area (Å²) in [5.41, 5.74) is 0. The highest BCUT2D eigenvalue weighted by Gasteiger charge is 2.49. The van der Waals surface area contributed by atoms with E-state index in [2.05, 4.69) is 4.90 Å². The Morgan fingerprint density at radius 1 is 1.11 bits per heavy atom. The third-order valence-corrected chi connectivity index (χ3v) is 7.69. The number of amides is 1. The third-order valence-electron chi connectivity index (χ3n) is 5.99. The number of nitrogens with zero attached hydrogens (tertiary/aromatic N) is 2. The van der Waals surface area contributed by atoms with Gasteiger partial charge < -0.3 is 9.64 Å². The molecule has 148 valence electrons. The van der Waals surface area contributed by atoms with Crippen LogP contribution in [0.25, 0.3) is 0 Å². The van der Waals surface area contributed by atoms with E-state index in [1.807, 2.05) is 4.90 Å². The van der Waals surface area contributed by atoms with Crippen LogP contribution in [0.1, 0.15) is 19.3 Å². The van der Waals surface area contributed by atoms with Gasteiger partial charge in [0, 0.05) is 31.6 Å². The summed E-state index contributed by atoms with van der Waals surface area (Å²) in [5, 5.41) is 0. The number of hydrogen-bond donors (Lipinski definition) is 0. The molecule has 4 rings (SSSR count). The Bertz CT molecular complexity index is 794. The van der Waals surface area contributed by atoms with E-state index in [0.29, 0.717) is 32.0 Å². The van der Waals surface area contributed by atoms with Crippen LogP contribution in [0.2, 0.25) is 0 Å². The van der Waals surface area contributed by atoms with Crippen molar-refractivity contribution in [2.75, 3.05) is 37.7 Å². The van der Waals surface area contributed by atoms with E-state index in [1.165, 1.54) is 12.1 Å². The monoisotopic (exact) mass is 396 g/mol. The first-order valence-corrected chi connectivity index (χ1v) is 11.4. The number of fused-ring (bicyclic) bond motifs is 1. The molecule has 1 saturated carbocycles. The third kappa shape index (κ3) is 3.96. The highest BCUT2D eigenvalue weighted by Crippen LogP contribution is 2.33. The van der Waals surface area contributed by atoms with E-state index in [4.69, 9.17) is 4.74 Å². The van der Waals surface area contributed by atoms with Crippen molar-refractivity contribution >= 4 is 15.7 Å². The lowest BCUT2D eigenvalue weighted by molar-refractivity contribution is -0.144. The molecule has 27 heavy (non-hydrogen) atoms. The molecule has 2 heterocycles. The van der Waals surface area contributed by atoms with E-state index in [9.17, 15) is 17.6 Å². The number of carbonyl (C=O) groups is 1. The van der Waals surface area contributed by atoms with Crippen LogP contribution in [0.15, 0.2) is 24.3 Å². The molecule has 1 aromatic carbocycles. The molecule has 0 unspecified atom stereocenters. The Balaban J connectivity index is 1.39. The highest BCUT2D eigenvalue weighted by atomic mass is 32.2. The first kappa shape index (κ1) is 18.7. The number of halogens is 1. The maximum absolute atomic E-state index is 13.0. The molecule has 1 aliphatic carbocycles. The zero-order chi connectivity index (χ0) is 19.0. The number of sulfone groups is 1. The minimum absolute atomic E-state index is 0.0610. The lowest BCUT2D eigenvalue weighted by Gasteiger charge is -2.45. The largest absolute Gasteiger partial charge is 0.492 e. The van der Waals surface area contributed by atoms with E-state index in [0.717, 1.165) is 19.3 Å². The van der Waals surface area contributed by atoms with Crippen molar-refractivity contribution in [2.45, 2.75) is 31.3 Å². The van der Waals surface area contributed by atoms with Gasteiger partial charge in [-0.15, -0.1) is 0 Å². The molecule has 1 aromatic rings. The van der Waals surface area contributed by atoms with E-state index < -0.39 is 9.84 Å². The molecule has 1 amide bonds. The van der Waals surface area contributed by atoms with Crippen molar-refractivity contribution in [3.8, 4) is 5.75 Å². The van der Waals surface area contributed by atoms with Gasteiger partial charge in [-0.1, -0.05) is 6.42 Å². The van der Waals surface area contributed by atoms with E-state index in [-0.39, 0.29) is 41.2 Å². The van der Waals surface area contributed by atoms with Gasteiger partial charge in [-0.3, -0.25) is 9.69 Å². The Kier molecular flexibility index (Phi) is 5.11.